The van der Waals surface area contributed by atoms with Crippen LogP contribution in [0.3, 0.4) is 0 Å². The average Bonchev–Trinajstić information content (AvgIpc) is 2.82. The van der Waals surface area contributed by atoms with Crippen molar-refractivity contribution in [2.75, 3.05) is 23.7 Å². The van der Waals surface area contributed by atoms with Gasteiger partial charge in [0.05, 0.1) is 18.0 Å². The molecule has 1 saturated heterocycles. The first kappa shape index (κ1) is 23.3. The van der Waals surface area contributed by atoms with Gasteiger partial charge in [0.15, 0.2) is 5.82 Å². The van der Waals surface area contributed by atoms with Crippen LogP contribution in [-0.4, -0.2) is 29.2 Å². The standard InChI is InChI=1S/C26H32ClN5O/c1-17(2)33-24-14-21(20-9-11-28-12-10-20)18(3)13-23(24)31-26-30-16-22(27)25(32-26)29-15-19-7-5-4-6-8-19/h4-8,13-14,16-17,20,28H,9-12,15H2,1-3H3,(H2,29,30,31,32). The van der Waals surface area contributed by atoms with Crippen LogP contribution in [0.5, 0.6) is 5.75 Å². The van der Waals surface area contributed by atoms with Gasteiger partial charge in [0, 0.05) is 6.54 Å². The van der Waals surface area contributed by atoms with Gasteiger partial charge in [-0.25, -0.2) is 4.98 Å². The van der Waals surface area contributed by atoms with Gasteiger partial charge in [0.1, 0.15) is 10.8 Å². The number of anilines is 3. The molecule has 3 aromatic rings. The molecule has 6 nitrogen and oxygen atoms in total. The van der Waals surface area contributed by atoms with Gasteiger partial charge in [-0.05, 0) is 81.4 Å². The molecule has 0 spiro atoms. The highest BCUT2D eigenvalue weighted by molar-refractivity contribution is 6.32. The molecule has 0 amide bonds. The van der Waals surface area contributed by atoms with E-state index in [0.29, 0.717) is 29.3 Å². The third kappa shape index (κ3) is 6.15. The van der Waals surface area contributed by atoms with Crippen LogP contribution < -0.4 is 20.7 Å². The number of piperidine rings is 1. The Morgan fingerprint density at radius 2 is 1.91 bits per heavy atom. The Kier molecular flexibility index (Phi) is 7.68. The topological polar surface area (TPSA) is 71.1 Å². The van der Waals surface area contributed by atoms with Crippen LogP contribution in [0.1, 0.15) is 49.3 Å². The van der Waals surface area contributed by atoms with Crippen molar-refractivity contribution >= 4 is 29.1 Å². The first-order valence-corrected chi connectivity index (χ1v) is 12.0. The molecule has 2 heterocycles. The summed E-state index contributed by atoms with van der Waals surface area (Å²) in [6.45, 7) is 8.99. The summed E-state index contributed by atoms with van der Waals surface area (Å²) in [5, 5.41) is 10.6. The predicted molar refractivity (Wildman–Crippen MR) is 136 cm³/mol. The highest BCUT2D eigenvalue weighted by Gasteiger charge is 2.20. The van der Waals surface area contributed by atoms with E-state index in [9.17, 15) is 0 Å². The molecule has 3 N–H and O–H groups in total. The molecule has 0 aliphatic carbocycles. The van der Waals surface area contributed by atoms with E-state index in [1.165, 1.54) is 11.1 Å². The van der Waals surface area contributed by atoms with Crippen molar-refractivity contribution in [2.45, 2.75) is 52.2 Å². The molecular weight excluding hydrogens is 434 g/mol. The summed E-state index contributed by atoms with van der Waals surface area (Å²) in [5.74, 6) is 2.43. The maximum atomic E-state index is 6.35. The van der Waals surface area contributed by atoms with Crippen molar-refractivity contribution in [1.82, 2.24) is 15.3 Å². The van der Waals surface area contributed by atoms with Crippen molar-refractivity contribution in [3.05, 3.63) is 70.4 Å². The quantitative estimate of drug-likeness (QED) is 0.376. The largest absolute Gasteiger partial charge is 0.489 e. The molecular formula is C26H32ClN5O. The van der Waals surface area contributed by atoms with Crippen molar-refractivity contribution in [1.29, 1.82) is 0 Å². The zero-order valence-corrected chi connectivity index (χ0v) is 20.2. The monoisotopic (exact) mass is 465 g/mol. The average molecular weight is 466 g/mol. The van der Waals surface area contributed by atoms with E-state index in [4.69, 9.17) is 16.3 Å². The number of ether oxygens (including phenoxy) is 1. The van der Waals surface area contributed by atoms with E-state index < -0.39 is 0 Å². The fraction of sp³-hybridized carbons (Fsp3) is 0.385. The van der Waals surface area contributed by atoms with Gasteiger partial charge in [-0.3, -0.25) is 0 Å². The molecule has 0 unspecified atom stereocenters. The lowest BCUT2D eigenvalue weighted by atomic mass is 9.87. The van der Waals surface area contributed by atoms with Crippen LogP contribution in [0, 0.1) is 6.92 Å². The smallest absolute Gasteiger partial charge is 0.229 e. The Balaban J connectivity index is 1.57. The molecule has 174 valence electrons. The highest BCUT2D eigenvalue weighted by Crippen LogP contribution is 2.37. The van der Waals surface area contributed by atoms with Crippen LogP contribution in [0.4, 0.5) is 17.5 Å². The van der Waals surface area contributed by atoms with Gasteiger partial charge < -0.3 is 20.7 Å². The second kappa shape index (κ2) is 10.9. The van der Waals surface area contributed by atoms with Gasteiger partial charge in [0.2, 0.25) is 5.95 Å². The lowest BCUT2D eigenvalue weighted by molar-refractivity contribution is 0.243. The Bertz CT molecular complexity index is 1070. The number of aromatic nitrogens is 2. The van der Waals surface area contributed by atoms with Gasteiger partial charge in [-0.2, -0.15) is 4.98 Å². The molecule has 0 bridgehead atoms. The van der Waals surface area contributed by atoms with Crippen molar-refractivity contribution in [2.24, 2.45) is 0 Å². The normalized spacial score (nSPS) is 14.3. The Labute approximate surface area is 201 Å². The van der Waals surface area contributed by atoms with E-state index in [0.717, 1.165) is 42.9 Å². The van der Waals surface area contributed by atoms with Crippen LogP contribution >= 0.6 is 11.6 Å². The zero-order valence-electron chi connectivity index (χ0n) is 19.5. The van der Waals surface area contributed by atoms with Gasteiger partial charge in [0.25, 0.3) is 0 Å². The number of nitrogens with one attached hydrogen (secondary N) is 3. The summed E-state index contributed by atoms with van der Waals surface area (Å²) in [4.78, 5) is 9.01. The second-order valence-electron chi connectivity index (χ2n) is 8.75. The van der Waals surface area contributed by atoms with Crippen LogP contribution in [0.2, 0.25) is 5.02 Å². The van der Waals surface area contributed by atoms with Gasteiger partial charge >= 0.3 is 0 Å². The summed E-state index contributed by atoms with van der Waals surface area (Å²) < 4.78 is 6.19. The molecule has 1 aromatic heterocycles. The molecule has 0 atom stereocenters. The SMILES string of the molecule is Cc1cc(Nc2ncc(Cl)c(NCc3ccccc3)n2)c(OC(C)C)cc1C1CCNCC1. The number of nitrogens with zero attached hydrogens (tertiary/aromatic N) is 2. The fourth-order valence-electron chi connectivity index (χ4n) is 4.18. The Hall–Kier alpha value is -2.83. The zero-order chi connectivity index (χ0) is 23.2. The number of hydrogen-bond donors (Lipinski definition) is 3. The molecule has 33 heavy (non-hydrogen) atoms. The summed E-state index contributed by atoms with van der Waals surface area (Å²) >= 11 is 6.35. The first-order valence-electron chi connectivity index (χ1n) is 11.6. The van der Waals surface area contributed by atoms with Crippen LogP contribution in [0.15, 0.2) is 48.7 Å². The van der Waals surface area contributed by atoms with E-state index in [2.05, 4.69) is 57.1 Å². The third-order valence-corrected chi connectivity index (χ3v) is 6.08. The Morgan fingerprint density at radius 3 is 2.64 bits per heavy atom. The fourth-order valence-corrected chi connectivity index (χ4v) is 4.34. The lowest BCUT2D eigenvalue weighted by Crippen LogP contribution is -2.27. The van der Waals surface area contributed by atoms with Crippen LogP contribution in [-0.2, 0) is 6.54 Å². The minimum absolute atomic E-state index is 0.0587. The third-order valence-electron chi connectivity index (χ3n) is 5.80. The number of hydrogen-bond acceptors (Lipinski definition) is 6. The maximum absolute atomic E-state index is 6.35. The summed E-state index contributed by atoms with van der Waals surface area (Å²) in [5.41, 5.74) is 4.62. The van der Waals surface area contributed by atoms with Crippen molar-refractivity contribution in [3.8, 4) is 5.75 Å². The van der Waals surface area contributed by atoms with Crippen LogP contribution in [0.25, 0.3) is 0 Å². The molecule has 0 saturated carbocycles. The van der Waals surface area contributed by atoms with Gasteiger partial charge in [-0.15, -0.1) is 0 Å². The molecule has 0 radical (unpaired) electrons. The number of aryl methyl sites for hydroxylation is 1. The van der Waals surface area contributed by atoms with E-state index in [-0.39, 0.29) is 6.10 Å². The predicted octanol–water partition coefficient (Wildman–Crippen LogP) is 6.05. The molecule has 1 aliphatic rings. The Morgan fingerprint density at radius 1 is 1.15 bits per heavy atom. The minimum atomic E-state index is 0.0587. The summed E-state index contributed by atoms with van der Waals surface area (Å²) in [6.07, 6.45) is 3.96. The van der Waals surface area contributed by atoms with E-state index in [1.807, 2.05) is 32.0 Å². The molecule has 1 aliphatic heterocycles. The molecule has 1 fully saturated rings. The number of rotatable bonds is 8. The number of benzene rings is 2. The van der Waals surface area contributed by atoms with Gasteiger partial charge in [-0.1, -0.05) is 41.9 Å². The second-order valence-corrected chi connectivity index (χ2v) is 9.16. The molecule has 7 heteroatoms. The number of halogens is 1. The van der Waals surface area contributed by atoms with E-state index in [1.54, 1.807) is 6.20 Å². The van der Waals surface area contributed by atoms with Crippen molar-refractivity contribution in [3.63, 3.8) is 0 Å². The molecule has 2 aromatic carbocycles. The van der Waals surface area contributed by atoms with Crippen molar-refractivity contribution < 1.29 is 4.74 Å². The highest BCUT2D eigenvalue weighted by atomic mass is 35.5. The minimum Gasteiger partial charge on any atom is -0.489 e. The summed E-state index contributed by atoms with van der Waals surface area (Å²) in [7, 11) is 0. The van der Waals surface area contributed by atoms with E-state index >= 15 is 0 Å². The maximum Gasteiger partial charge on any atom is 0.229 e. The first-order chi connectivity index (χ1) is 16.0. The molecule has 4 rings (SSSR count). The lowest BCUT2D eigenvalue weighted by Gasteiger charge is -2.26. The summed E-state index contributed by atoms with van der Waals surface area (Å²) in [6, 6.07) is 14.5.